The Bertz CT molecular complexity index is 1240. The van der Waals surface area contributed by atoms with E-state index >= 15 is 0 Å². The molecule has 9 heteroatoms. The number of anilines is 1. The molecule has 1 N–H and O–H groups in total. The van der Waals surface area contributed by atoms with Crippen molar-refractivity contribution in [1.82, 2.24) is 15.1 Å². The molecule has 2 saturated heterocycles. The van der Waals surface area contributed by atoms with Crippen molar-refractivity contribution in [2.24, 2.45) is 0 Å². The summed E-state index contributed by atoms with van der Waals surface area (Å²) in [4.78, 5) is 43.1. The fraction of sp³-hybridized carbons (Fsp3) is 0.444. The first-order valence-electron chi connectivity index (χ1n) is 12.7. The molecule has 8 nitrogen and oxygen atoms in total. The number of halogens is 1. The molecule has 36 heavy (non-hydrogen) atoms. The first-order valence-corrected chi connectivity index (χ1v) is 12.7. The van der Waals surface area contributed by atoms with Gasteiger partial charge in [0.15, 0.2) is 0 Å². The zero-order valence-electron chi connectivity index (χ0n) is 20.1. The smallest absolute Gasteiger partial charge is 0.255 e. The molecule has 0 saturated carbocycles. The Kier molecular flexibility index (Phi) is 5.87. The highest BCUT2D eigenvalue weighted by Crippen LogP contribution is 2.36. The first kappa shape index (κ1) is 23.0. The fourth-order valence-corrected chi connectivity index (χ4v) is 5.81. The quantitative estimate of drug-likeness (QED) is 0.660. The van der Waals surface area contributed by atoms with E-state index in [0.29, 0.717) is 5.56 Å². The molecule has 1 atom stereocenters. The number of hydrogen-bond acceptors (Lipinski definition) is 6. The largest absolute Gasteiger partial charge is 0.493 e. The molecule has 0 aliphatic carbocycles. The number of nitrogens with one attached hydrogen (secondary N) is 1. The SMILES string of the molecule is O=C1CCC(N2Cc3c(cc(F)cc3N3CCN(Cc4ccc5c(c4)CCCO5)CC3)C2=O)C(=O)N1. The minimum Gasteiger partial charge on any atom is -0.493 e. The number of piperidine rings is 1. The minimum absolute atomic E-state index is 0.191. The Hall–Kier alpha value is -3.46. The van der Waals surface area contributed by atoms with Gasteiger partial charge in [0.1, 0.15) is 17.6 Å². The summed E-state index contributed by atoms with van der Waals surface area (Å²) in [6, 6.07) is 8.50. The molecule has 0 spiro atoms. The number of aryl methyl sites for hydroxylation is 1. The zero-order chi connectivity index (χ0) is 24.8. The van der Waals surface area contributed by atoms with E-state index in [1.54, 1.807) is 0 Å². The van der Waals surface area contributed by atoms with Gasteiger partial charge in [0, 0.05) is 62.5 Å². The molecule has 0 aromatic heterocycles. The highest BCUT2D eigenvalue weighted by Gasteiger charge is 2.41. The van der Waals surface area contributed by atoms with Crippen LogP contribution in [0.4, 0.5) is 10.1 Å². The maximum Gasteiger partial charge on any atom is 0.255 e. The second-order valence-electron chi connectivity index (χ2n) is 10.0. The molecule has 2 aromatic rings. The molecule has 1 unspecified atom stereocenters. The van der Waals surface area contributed by atoms with Crippen LogP contribution in [0.3, 0.4) is 0 Å². The number of piperazine rings is 1. The van der Waals surface area contributed by atoms with Gasteiger partial charge in [-0.2, -0.15) is 0 Å². The van der Waals surface area contributed by atoms with Crippen LogP contribution in [-0.2, 0) is 29.1 Å². The number of carbonyl (C=O) groups excluding carboxylic acids is 3. The third-order valence-electron chi connectivity index (χ3n) is 7.69. The standard InChI is InChI=1S/C27H29FN4O4/c28-19-13-20-21(16-32(27(20)35)22-4-6-25(33)29-26(22)34)23(14-19)31-9-7-30(8-10-31)15-17-3-5-24-18(12-17)2-1-11-36-24/h3,5,12-14,22H,1-2,4,6-11,15-16H2,(H,29,33,34). The van der Waals surface area contributed by atoms with Gasteiger partial charge in [-0.1, -0.05) is 12.1 Å². The van der Waals surface area contributed by atoms with Crippen LogP contribution >= 0.6 is 0 Å². The highest BCUT2D eigenvalue weighted by atomic mass is 19.1. The van der Waals surface area contributed by atoms with E-state index in [0.717, 1.165) is 69.2 Å². The van der Waals surface area contributed by atoms with E-state index in [9.17, 15) is 18.8 Å². The summed E-state index contributed by atoms with van der Waals surface area (Å²) in [6.07, 6.45) is 2.58. The zero-order valence-corrected chi connectivity index (χ0v) is 20.1. The lowest BCUT2D eigenvalue weighted by Gasteiger charge is -2.37. The maximum absolute atomic E-state index is 14.6. The number of benzene rings is 2. The van der Waals surface area contributed by atoms with Gasteiger partial charge in [0.25, 0.3) is 5.91 Å². The topological polar surface area (TPSA) is 82.2 Å². The van der Waals surface area contributed by atoms with E-state index in [4.69, 9.17) is 4.74 Å². The van der Waals surface area contributed by atoms with Gasteiger partial charge in [-0.25, -0.2) is 4.39 Å². The summed E-state index contributed by atoms with van der Waals surface area (Å²) in [5.41, 5.74) is 4.34. The van der Waals surface area contributed by atoms with Crippen LogP contribution in [-0.4, -0.2) is 66.3 Å². The Morgan fingerprint density at radius 2 is 1.86 bits per heavy atom. The number of hydrogen-bond donors (Lipinski definition) is 1. The monoisotopic (exact) mass is 492 g/mol. The lowest BCUT2D eigenvalue weighted by Crippen LogP contribution is -2.52. The molecule has 0 bridgehead atoms. The summed E-state index contributed by atoms with van der Waals surface area (Å²) in [7, 11) is 0. The third kappa shape index (κ3) is 4.21. The average molecular weight is 493 g/mol. The predicted octanol–water partition coefficient (Wildman–Crippen LogP) is 2.23. The van der Waals surface area contributed by atoms with E-state index in [-0.39, 0.29) is 31.2 Å². The molecule has 188 valence electrons. The van der Waals surface area contributed by atoms with Crippen LogP contribution in [0.15, 0.2) is 30.3 Å². The summed E-state index contributed by atoms with van der Waals surface area (Å²) in [5, 5.41) is 2.32. The number of rotatable bonds is 4. The number of amides is 3. The van der Waals surface area contributed by atoms with Crippen molar-refractivity contribution < 1.29 is 23.5 Å². The molecular weight excluding hydrogens is 463 g/mol. The third-order valence-corrected chi connectivity index (χ3v) is 7.69. The summed E-state index contributed by atoms with van der Waals surface area (Å²) in [6.45, 7) is 4.97. The van der Waals surface area contributed by atoms with E-state index in [1.807, 2.05) is 0 Å². The molecule has 4 aliphatic rings. The molecule has 3 amide bonds. The van der Waals surface area contributed by atoms with Crippen molar-refractivity contribution in [3.63, 3.8) is 0 Å². The molecule has 6 rings (SSSR count). The molecule has 2 aromatic carbocycles. The summed E-state index contributed by atoms with van der Waals surface area (Å²) in [5.74, 6) is -0.600. The first-order chi connectivity index (χ1) is 17.5. The van der Waals surface area contributed by atoms with Gasteiger partial charge >= 0.3 is 0 Å². The van der Waals surface area contributed by atoms with Crippen molar-refractivity contribution in [1.29, 1.82) is 0 Å². The van der Waals surface area contributed by atoms with E-state index < -0.39 is 17.8 Å². The molecule has 4 heterocycles. The predicted molar refractivity (Wildman–Crippen MR) is 130 cm³/mol. The van der Waals surface area contributed by atoms with E-state index in [2.05, 4.69) is 33.3 Å². The number of nitrogens with zero attached hydrogens (tertiary/aromatic N) is 3. The van der Waals surface area contributed by atoms with Crippen LogP contribution in [0, 0.1) is 5.82 Å². The summed E-state index contributed by atoms with van der Waals surface area (Å²) >= 11 is 0. The Morgan fingerprint density at radius 3 is 2.67 bits per heavy atom. The van der Waals surface area contributed by atoms with Crippen LogP contribution in [0.5, 0.6) is 5.75 Å². The van der Waals surface area contributed by atoms with Crippen LogP contribution in [0.2, 0.25) is 0 Å². The van der Waals surface area contributed by atoms with Crippen LogP contribution in [0.1, 0.15) is 46.3 Å². The highest BCUT2D eigenvalue weighted by molar-refractivity contribution is 6.06. The average Bonchev–Trinajstić information content (AvgIpc) is 3.20. The Balaban J connectivity index is 1.15. The van der Waals surface area contributed by atoms with Crippen molar-refractivity contribution in [2.45, 2.75) is 44.8 Å². The number of imide groups is 1. The lowest BCUT2D eigenvalue weighted by atomic mass is 10.0. The minimum atomic E-state index is -0.711. The van der Waals surface area contributed by atoms with Gasteiger partial charge in [0.2, 0.25) is 11.8 Å². The number of fused-ring (bicyclic) bond motifs is 2. The van der Waals surface area contributed by atoms with Gasteiger partial charge in [-0.3, -0.25) is 24.6 Å². The van der Waals surface area contributed by atoms with Gasteiger partial charge in [0.05, 0.1) is 6.61 Å². The Morgan fingerprint density at radius 1 is 1.03 bits per heavy atom. The number of carbonyl (C=O) groups is 3. The van der Waals surface area contributed by atoms with Crippen LogP contribution < -0.4 is 15.0 Å². The van der Waals surface area contributed by atoms with Crippen molar-refractivity contribution in [3.8, 4) is 5.75 Å². The van der Waals surface area contributed by atoms with Crippen molar-refractivity contribution >= 4 is 23.4 Å². The molecule has 0 radical (unpaired) electrons. The fourth-order valence-electron chi connectivity index (χ4n) is 5.81. The molecular formula is C27H29FN4O4. The second kappa shape index (κ2) is 9.20. The van der Waals surface area contributed by atoms with Crippen LogP contribution in [0.25, 0.3) is 0 Å². The molecule has 2 fully saturated rings. The lowest BCUT2D eigenvalue weighted by molar-refractivity contribution is -0.136. The van der Waals surface area contributed by atoms with Crippen molar-refractivity contribution in [2.75, 3.05) is 37.7 Å². The van der Waals surface area contributed by atoms with Crippen molar-refractivity contribution in [3.05, 3.63) is 58.4 Å². The Labute approximate surface area is 209 Å². The van der Waals surface area contributed by atoms with Gasteiger partial charge < -0.3 is 14.5 Å². The maximum atomic E-state index is 14.6. The van der Waals surface area contributed by atoms with Gasteiger partial charge in [-0.15, -0.1) is 0 Å². The molecule has 4 aliphatic heterocycles. The normalized spacial score (nSPS) is 22.2. The summed E-state index contributed by atoms with van der Waals surface area (Å²) < 4.78 is 20.3. The number of ether oxygens (including phenoxy) is 1. The second-order valence-corrected chi connectivity index (χ2v) is 10.0. The van der Waals surface area contributed by atoms with E-state index in [1.165, 1.54) is 28.2 Å². The van der Waals surface area contributed by atoms with Gasteiger partial charge in [-0.05, 0) is 48.6 Å².